The van der Waals surface area contributed by atoms with Crippen molar-refractivity contribution >= 4 is 11.8 Å². The molecular weight excluding hydrogens is 296 g/mol. The summed E-state index contributed by atoms with van der Waals surface area (Å²) in [6.45, 7) is 0.927. The Morgan fingerprint density at radius 2 is 1.91 bits per heavy atom. The van der Waals surface area contributed by atoms with Crippen LogP contribution in [0.3, 0.4) is 0 Å². The van der Waals surface area contributed by atoms with Gasteiger partial charge in [-0.15, -0.1) is 0 Å². The first-order valence-electron chi connectivity index (χ1n) is 8.09. The van der Waals surface area contributed by atoms with Crippen molar-refractivity contribution in [3.63, 3.8) is 0 Å². The number of aliphatic hydroxyl groups excluding tert-OH is 2. The Bertz CT molecular complexity index is 533. The Labute approximate surface area is 136 Å². The number of Topliss-reactive ketones (excluding diaryl/α,β-unsaturated/α-hetero) is 1. The summed E-state index contributed by atoms with van der Waals surface area (Å²) in [7, 11) is 0. The largest absolute Gasteiger partial charge is 0.457 e. The minimum absolute atomic E-state index is 0.137. The number of hydrogen-bond donors (Lipinski definition) is 2. The van der Waals surface area contributed by atoms with Gasteiger partial charge in [0, 0.05) is 12.3 Å². The smallest absolute Gasteiger partial charge is 0.313 e. The summed E-state index contributed by atoms with van der Waals surface area (Å²) in [6, 6.07) is 7.63. The van der Waals surface area contributed by atoms with Gasteiger partial charge in [0.15, 0.2) is 0 Å². The summed E-state index contributed by atoms with van der Waals surface area (Å²) in [5.41, 5.74) is 1.91. The second-order valence-electron chi connectivity index (χ2n) is 6.15. The van der Waals surface area contributed by atoms with Gasteiger partial charge in [0.05, 0.1) is 19.1 Å². The highest BCUT2D eigenvalue weighted by Gasteiger charge is 2.25. The standard InChI is InChI=1S/C18H24O5/c1-12(18(22)23-16(10-19)11-20)14-7-5-13(6-8-14)9-15-3-2-4-17(15)21/h5-8,12,15-16,19-20H,2-4,9-11H2,1H3. The van der Waals surface area contributed by atoms with E-state index >= 15 is 0 Å². The van der Waals surface area contributed by atoms with Crippen LogP contribution in [0.4, 0.5) is 0 Å². The molecular formula is C18H24O5. The van der Waals surface area contributed by atoms with Gasteiger partial charge in [0.1, 0.15) is 11.9 Å². The van der Waals surface area contributed by atoms with E-state index in [4.69, 9.17) is 14.9 Å². The molecule has 5 heteroatoms. The molecule has 0 bridgehead atoms. The molecule has 1 aliphatic carbocycles. The summed E-state index contributed by atoms with van der Waals surface area (Å²) in [4.78, 5) is 23.7. The lowest BCUT2D eigenvalue weighted by molar-refractivity contribution is -0.154. The van der Waals surface area contributed by atoms with E-state index in [1.807, 2.05) is 24.3 Å². The number of ether oxygens (including phenoxy) is 1. The van der Waals surface area contributed by atoms with Crippen LogP contribution in [0, 0.1) is 5.92 Å². The summed E-state index contributed by atoms with van der Waals surface area (Å²) in [5.74, 6) is -0.460. The molecule has 0 amide bonds. The number of hydrogen-bond acceptors (Lipinski definition) is 5. The average Bonchev–Trinajstić information content (AvgIpc) is 2.97. The number of aliphatic hydroxyl groups is 2. The van der Waals surface area contributed by atoms with Crippen molar-refractivity contribution in [2.75, 3.05) is 13.2 Å². The number of carbonyl (C=O) groups is 2. The molecule has 0 aliphatic heterocycles. The monoisotopic (exact) mass is 320 g/mol. The highest BCUT2D eigenvalue weighted by molar-refractivity contribution is 5.83. The number of rotatable bonds is 7. The maximum atomic E-state index is 12.0. The third kappa shape index (κ3) is 4.62. The predicted octanol–water partition coefficient (Wildman–Crippen LogP) is 1.60. The minimum Gasteiger partial charge on any atom is -0.457 e. The molecule has 1 aliphatic rings. The van der Waals surface area contributed by atoms with Crippen molar-refractivity contribution in [2.24, 2.45) is 5.92 Å². The molecule has 1 saturated carbocycles. The van der Waals surface area contributed by atoms with Crippen molar-refractivity contribution in [1.82, 2.24) is 0 Å². The Morgan fingerprint density at radius 3 is 2.43 bits per heavy atom. The Morgan fingerprint density at radius 1 is 1.26 bits per heavy atom. The Hall–Kier alpha value is -1.72. The number of ketones is 1. The fourth-order valence-corrected chi connectivity index (χ4v) is 2.87. The highest BCUT2D eigenvalue weighted by Crippen LogP contribution is 2.26. The molecule has 0 radical (unpaired) electrons. The van der Waals surface area contributed by atoms with Crippen LogP contribution in [0.5, 0.6) is 0 Å². The summed E-state index contributed by atoms with van der Waals surface area (Å²) in [6.07, 6.45) is 2.53. The molecule has 1 fully saturated rings. The van der Waals surface area contributed by atoms with Crippen LogP contribution in [0.2, 0.25) is 0 Å². The van der Waals surface area contributed by atoms with Gasteiger partial charge in [-0.1, -0.05) is 24.3 Å². The maximum Gasteiger partial charge on any atom is 0.313 e. The molecule has 2 unspecified atom stereocenters. The first-order chi connectivity index (χ1) is 11.0. The second-order valence-corrected chi connectivity index (χ2v) is 6.15. The van der Waals surface area contributed by atoms with Crippen molar-refractivity contribution in [3.05, 3.63) is 35.4 Å². The normalized spacial score (nSPS) is 19.1. The van der Waals surface area contributed by atoms with Gasteiger partial charge < -0.3 is 14.9 Å². The van der Waals surface area contributed by atoms with Crippen molar-refractivity contribution < 1.29 is 24.5 Å². The molecule has 126 valence electrons. The van der Waals surface area contributed by atoms with Gasteiger partial charge in [-0.05, 0) is 37.3 Å². The maximum absolute atomic E-state index is 12.0. The molecule has 0 heterocycles. The van der Waals surface area contributed by atoms with E-state index in [1.165, 1.54) is 0 Å². The molecule has 5 nitrogen and oxygen atoms in total. The fourth-order valence-electron chi connectivity index (χ4n) is 2.87. The Balaban J connectivity index is 1.95. The summed E-state index contributed by atoms with van der Waals surface area (Å²) < 4.78 is 5.03. The van der Waals surface area contributed by atoms with Crippen molar-refractivity contribution in [1.29, 1.82) is 0 Å². The average molecular weight is 320 g/mol. The Kier molecular flexibility index (Phi) is 6.30. The summed E-state index contributed by atoms with van der Waals surface area (Å²) in [5, 5.41) is 17.9. The van der Waals surface area contributed by atoms with Gasteiger partial charge in [0.25, 0.3) is 0 Å². The zero-order chi connectivity index (χ0) is 16.8. The van der Waals surface area contributed by atoms with Crippen LogP contribution >= 0.6 is 0 Å². The third-order valence-electron chi connectivity index (χ3n) is 4.44. The lowest BCUT2D eigenvalue weighted by Gasteiger charge is -2.17. The SMILES string of the molecule is CC(C(=O)OC(CO)CO)c1ccc(CC2CCCC2=O)cc1. The lowest BCUT2D eigenvalue weighted by atomic mass is 9.94. The van der Waals surface area contributed by atoms with Gasteiger partial charge >= 0.3 is 5.97 Å². The van der Waals surface area contributed by atoms with Crippen LogP contribution in [0.1, 0.15) is 43.2 Å². The minimum atomic E-state index is -0.877. The van der Waals surface area contributed by atoms with Crippen LogP contribution < -0.4 is 0 Å². The number of esters is 1. The molecule has 2 rings (SSSR count). The molecule has 1 aromatic carbocycles. The van der Waals surface area contributed by atoms with E-state index in [0.717, 1.165) is 30.4 Å². The lowest BCUT2D eigenvalue weighted by Crippen LogP contribution is -2.27. The number of benzene rings is 1. The zero-order valence-corrected chi connectivity index (χ0v) is 13.4. The van der Waals surface area contributed by atoms with Gasteiger partial charge in [-0.25, -0.2) is 0 Å². The van der Waals surface area contributed by atoms with Crippen molar-refractivity contribution in [3.8, 4) is 0 Å². The molecule has 1 aromatic rings. The van der Waals surface area contributed by atoms with Crippen molar-refractivity contribution in [2.45, 2.75) is 44.6 Å². The molecule has 2 atom stereocenters. The van der Waals surface area contributed by atoms with Gasteiger partial charge in [0.2, 0.25) is 0 Å². The van der Waals surface area contributed by atoms with E-state index in [-0.39, 0.29) is 5.92 Å². The second kappa shape index (κ2) is 8.22. The first kappa shape index (κ1) is 17.6. The topological polar surface area (TPSA) is 83.8 Å². The van der Waals surface area contributed by atoms with E-state index in [2.05, 4.69) is 0 Å². The molecule has 0 aromatic heterocycles. The van der Waals surface area contributed by atoms with Crippen LogP contribution in [-0.4, -0.2) is 41.3 Å². The zero-order valence-electron chi connectivity index (χ0n) is 13.4. The van der Waals surface area contributed by atoms with Gasteiger partial charge in [-0.3, -0.25) is 9.59 Å². The molecule has 0 spiro atoms. The van der Waals surface area contributed by atoms with E-state index in [9.17, 15) is 9.59 Å². The predicted molar refractivity (Wildman–Crippen MR) is 85.0 cm³/mol. The van der Waals surface area contributed by atoms with Gasteiger partial charge in [-0.2, -0.15) is 0 Å². The van der Waals surface area contributed by atoms with E-state index in [0.29, 0.717) is 12.2 Å². The molecule has 2 N–H and O–H groups in total. The first-order valence-corrected chi connectivity index (χ1v) is 8.09. The summed E-state index contributed by atoms with van der Waals surface area (Å²) >= 11 is 0. The van der Waals surface area contributed by atoms with Crippen LogP contribution in [0.25, 0.3) is 0 Å². The quantitative estimate of drug-likeness (QED) is 0.746. The number of carbonyl (C=O) groups excluding carboxylic acids is 2. The highest BCUT2D eigenvalue weighted by atomic mass is 16.6. The van der Waals surface area contributed by atoms with E-state index < -0.39 is 31.2 Å². The third-order valence-corrected chi connectivity index (χ3v) is 4.44. The van der Waals surface area contributed by atoms with Crippen LogP contribution in [0.15, 0.2) is 24.3 Å². The van der Waals surface area contributed by atoms with E-state index in [1.54, 1.807) is 6.92 Å². The molecule has 0 saturated heterocycles. The van der Waals surface area contributed by atoms with Crippen LogP contribution in [-0.2, 0) is 20.7 Å². The molecule has 23 heavy (non-hydrogen) atoms. The fraction of sp³-hybridized carbons (Fsp3) is 0.556.